The quantitative estimate of drug-likeness (QED) is 0.741. The molecule has 2 rings (SSSR count). The summed E-state index contributed by atoms with van der Waals surface area (Å²) in [7, 11) is 0. The lowest BCUT2D eigenvalue weighted by atomic mass is 10.2. The Morgan fingerprint density at radius 3 is 2.61 bits per heavy atom. The van der Waals surface area contributed by atoms with Crippen LogP contribution in [0.25, 0.3) is 0 Å². The van der Waals surface area contributed by atoms with Gasteiger partial charge in [-0.25, -0.2) is 4.98 Å². The van der Waals surface area contributed by atoms with Crippen molar-refractivity contribution in [3.8, 4) is 11.6 Å². The molecular weight excluding hydrogens is 314 g/mol. The van der Waals surface area contributed by atoms with E-state index >= 15 is 0 Å². The Morgan fingerprint density at radius 1 is 1.22 bits per heavy atom. The summed E-state index contributed by atoms with van der Waals surface area (Å²) in [6.45, 7) is 3.96. The molecule has 1 aromatic carbocycles. The van der Waals surface area contributed by atoms with Gasteiger partial charge in [-0.3, -0.25) is 0 Å². The molecule has 1 heterocycles. The van der Waals surface area contributed by atoms with Crippen LogP contribution in [0, 0.1) is 13.8 Å². The number of halogens is 2. The lowest BCUT2D eigenvalue weighted by Gasteiger charge is -2.09. The molecule has 94 valence electrons. The first-order valence-corrected chi connectivity index (χ1v) is 6.89. The Balaban J connectivity index is 2.26. The van der Waals surface area contributed by atoms with Crippen molar-refractivity contribution in [2.45, 2.75) is 19.7 Å². The minimum absolute atomic E-state index is 0.466. The summed E-state index contributed by atoms with van der Waals surface area (Å²) >= 11 is 9.28. The maximum absolute atomic E-state index is 5.80. The summed E-state index contributed by atoms with van der Waals surface area (Å²) in [5.41, 5.74) is 3.09. The molecule has 0 atom stereocenters. The molecule has 4 heteroatoms. The molecule has 0 aliphatic rings. The van der Waals surface area contributed by atoms with Crippen molar-refractivity contribution >= 4 is 27.5 Å². The molecule has 0 saturated carbocycles. The highest BCUT2D eigenvalue weighted by Crippen LogP contribution is 2.30. The highest BCUT2D eigenvalue weighted by Gasteiger charge is 2.06. The second-order valence-electron chi connectivity index (χ2n) is 4.06. The fourth-order valence-corrected chi connectivity index (χ4v) is 2.42. The maximum atomic E-state index is 5.80. The Kier molecular flexibility index (Phi) is 4.25. The zero-order valence-electron chi connectivity index (χ0n) is 10.2. The first-order chi connectivity index (χ1) is 8.60. The molecule has 0 spiro atoms. The Bertz CT molecular complexity index is 572. The number of nitrogens with zero attached hydrogens (tertiary/aromatic N) is 1. The average Bonchev–Trinajstić information content (AvgIpc) is 2.33. The molecule has 0 amide bonds. The molecule has 0 N–H and O–H groups in total. The highest BCUT2D eigenvalue weighted by molar-refractivity contribution is 9.10. The van der Waals surface area contributed by atoms with Gasteiger partial charge in [0.15, 0.2) is 0 Å². The van der Waals surface area contributed by atoms with Crippen LogP contribution in [0.15, 0.2) is 34.8 Å². The van der Waals surface area contributed by atoms with Crippen LogP contribution < -0.4 is 4.74 Å². The fraction of sp³-hybridized carbons (Fsp3) is 0.214. The van der Waals surface area contributed by atoms with Gasteiger partial charge in [-0.1, -0.05) is 12.1 Å². The van der Waals surface area contributed by atoms with E-state index < -0.39 is 0 Å². The van der Waals surface area contributed by atoms with Gasteiger partial charge in [0, 0.05) is 17.6 Å². The molecule has 1 aromatic heterocycles. The smallest absolute Gasteiger partial charge is 0.219 e. The number of pyridine rings is 1. The first-order valence-electron chi connectivity index (χ1n) is 5.56. The summed E-state index contributed by atoms with van der Waals surface area (Å²) in [6, 6.07) is 9.70. The van der Waals surface area contributed by atoms with Gasteiger partial charge in [0.05, 0.1) is 4.47 Å². The SMILES string of the molecule is Cc1ccc(Oc2ccc(CCl)c(C)n2)c(Br)c1. The van der Waals surface area contributed by atoms with E-state index in [-0.39, 0.29) is 0 Å². The summed E-state index contributed by atoms with van der Waals surface area (Å²) in [4.78, 5) is 4.38. The van der Waals surface area contributed by atoms with E-state index in [1.807, 2.05) is 44.2 Å². The van der Waals surface area contributed by atoms with Crippen LogP contribution in [0.4, 0.5) is 0 Å². The van der Waals surface area contributed by atoms with Crippen molar-refractivity contribution in [1.29, 1.82) is 0 Å². The number of hydrogen-bond donors (Lipinski definition) is 0. The zero-order valence-corrected chi connectivity index (χ0v) is 12.5. The van der Waals surface area contributed by atoms with Gasteiger partial charge in [-0.15, -0.1) is 11.6 Å². The van der Waals surface area contributed by atoms with Crippen LogP contribution >= 0.6 is 27.5 Å². The number of rotatable bonds is 3. The average molecular weight is 327 g/mol. The predicted octanol–water partition coefficient (Wildman–Crippen LogP) is 4.99. The van der Waals surface area contributed by atoms with Crippen LogP contribution in [0.1, 0.15) is 16.8 Å². The zero-order chi connectivity index (χ0) is 13.1. The van der Waals surface area contributed by atoms with Crippen LogP contribution in [0.5, 0.6) is 11.6 Å². The minimum atomic E-state index is 0.466. The second kappa shape index (κ2) is 5.72. The van der Waals surface area contributed by atoms with Gasteiger partial charge in [0.25, 0.3) is 0 Å². The third-order valence-corrected chi connectivity index (χ3v) is 3.52. The molecule has 0 radical (unpaired) electrons. The highest BCUT2D eigenvalue weighted by atomic mass is 79.9. The Labute approximate surface area is 120 Å². The van der Waals surface area contributed by atoms with Crippen molar-refractivity contribution in [1.82, 2.24) is 4.98 Å². The van der Waals surface area contributed by atoms with Crippen LogP contribution in [-0.4, -0.2) is 4.98 Å². The summed E-state index contributed by atoms with van der Waals surface area (Å²) in [5.74, 6) is 1.80. The molecular formula is C14H13BrClNO. The Hall–Kier alpha value is -1.06. The molecule has 2 aromatic rings. The van der Waals surface area contributed by atoms with Crippen molar-refractivity contribution in [2.24, 2.45) is 0 Å². The Morgan fingerprint density at radius 2 is 2.00 bits per heavy atom. The van der Waals surface area contributed by atoms with E-state index in [0.717, 1.165) is 21.5 Å². The van der Waals surface area contributed by atoms with E-state index in [1.165, 1.54) is 5.56 Å². The molecule has 0 fully saturated rings. The van der Waals surface area contributed by atoms with E-state index in [9.17, 15) is 0 Å². The number of hydrogen-bond acceptors (Lipinski definition) is 2. The van der Waals surface area contributed by atoms with Crippen molar-refractivity contribution in [2.75, 3.05) is 0 Å². The first kappa shape index (κ1) is 13.4. The monoisotopic (exact) mass is 325 g/mol. The molecule has 18 heavy (non-hydrogen) atoms. The largest absolute Gasteiger partial charge is 0.438 e. The van der Waals surface area contributed by atoms with E-state index in [0.29, 0.717) is 11.8 Å². The van der Waals surface area contributed by atoms with Crippen molar-refractivity contribution < 1.29 is 4.74 Å². The lowest BCUT2D eigenvalue weighted by Crippen LogP contribution is -1.94. The van der Waals surface area contributed by atoms with Crippen molar-refractivity contribution in [3.63, 3.8) is 0 Å². The number of aromatic nitrogens is 1. The van der Waals surface area contributed by atoms with Crippen LogP contribution in [-0.2, 0) is 5.88 Å². The summed E-state index contributed by atoms with van der Waals surface area (Å²) in [5, 5.41) is 0. The van der Waals surface area contributed by atoms with Gasteiger partial charge >= 0.3 is 0 Å². The molecule has 0 aliphatic heterocycles. The fourth-order valence-electron chi connectivity index (χ4n) is 1.57. The van der Waals surface area contributed by atoms with Gasteiger partial charge in [-0.05, 0) is 53.0 Å². The van der Waals surface area contributed by atoms with Crippen molar-refractivity contribution in [3.05, 3.63) is 51.6 Å². The van der Waals surface area contributed by atoms with Gasteiger partial charge < -0.3 is 4.74 Å². The predicted molar refractivity (Wildman–Crippen MR) is 77.5 cm³/mol. The molecule has 0 bridgehead atoms. The topological polar surface area (TPSA) is 22.1 Å². The number of ether oxygens (including phenoxy) is 1. The summed E-state index contributed by atoms with van der Waals surface area (Å²) < 4.78 is 6.66. The van der Waals surface area contributed by atoms with E-state index in [2.05, 4.69) is 20.9 Å². The number of aryl methyl sites for hydroxylation is 2. The molecule has 0 aliphatic carbocycles. The van der Waals surface area contributed by atoms with Gasteiger partial charge in [0.2, 0.25) is 5.88 Å². The second-order valence-corrected chi connectivity index (χ2v) is 5.19. The number of benzene rings is 1. The molecule has 2 nitrogen and oxygen atoms in total. The van der Waals surface area contributed by atoms with E-state index in [4.69, 9.17) is 16.3 Å². The standard InChI is InChI=1S/C14H13BrClNO/c1-9-3-5-13(12(15)7-9)18-14-6-4-11(8-16)10(2)17-14/h3-7H,8H2,1-2H3. The maximum Gasteiger partial charge on any atom is 0.219 e. The lowest BCUT2D eigenvalue weighted by molar-refractivity contribution is 0.458. The van der Waals surface area contributed by atoms with E-state index in [1.54, 1.807) is 0 Å². The molecule has 0 saturated heterocycles. The minimum Gasteiger partial charge on any atom is -0.438 e. The van der Waals surface area contributed by atoms with Crippen LogP contribution in [0.3, 0.4) is 0 Å². The van der Waals surface area contributed by atoms with Gasteiger partial charge in [0.1, 0.15) is 5.75 Å². The third-order valence-electron chi connectivity index (χ3n) is 2.62. The van der Waals surface area contributed by atoms with Crippen LogP contribution in [0.2, 0.25) is 0 Å². The molecule has 0 unspecified atom stereocenters. The third kappa shape index (κ3) is 3.03. The van der Waals surface area contributed by atoms with Gasteiger partial charge in [-0.2, -0.15) is 0 Å². The summed E-state index contributed by atoms with van der Waals surface area (Å²) in [6.07, 6.45) is 0. The number of alkyl halides is 1. The normalized spacial score (nSPS) is 10.4.